The fourth-order valence-corrected chi connectivity index (χ4v) is 3.84. The smallest absolute Gasteiger partial charge is 0.296 e. The summed E-state index contributed by atoms with van der Waals surface area (Å²) in [6, 6.07) is 11.8. The van der Waals surface area contributed by atoms with E-state index in [-0.39, 0.29) is 22.9 Å². The van der Waals surface area contributed by atoms with Gasteiger partial charge in [0.25, 0.3) is 20.2 Å². The zero-order valence-corrected chi connectivity index (χ0v) is 19.9. The van der Waals surface area contributed by atoms with Crippen LogP contribution in [0.4, 0.5) is 28.4 Å². The van der Waals surface area contributed by atoms with Crippen molar-refractivity contribution < 1.29 is 35.4 Å². The van der Waals surface area contributed by atoms with E-state index in [9.17, 15) is 25.9 Å². The number of ether oxygens (including phenoxy) is 2. The van der Waals surface area contributed by atoms with Gasteiger partial charge in [-0.1, -0.05) is 0 Å². The predicted octanol–water partition coefficient (Wildman–Crippen LogP) is 4.61. The van der Waals surface area contributed by atoms with Crippen molar-refractivity contribution in [1.82, 2.24) is 0 Å². The quantitative estimate of drug-likeness (QED) is 0.215. The second-order valence-corrected chi connectivity index (χ2v) is 9.58. The maximum absolute atomic E-state index is 11.7. The summed E-state index contributed by atoms with van der Waals surface area (Å²) >= 11 is 0. The topological polar surface area (TPSA) is 203 Å². The molecule has 0 aliphatic heterocycles. The molecule has 3 rings (SSSR count). The molecule has 0 saturated heterocycles. The lowest BCUT2D eigenvalue weighted by Gasteiger charge is -2.09. The molecule has 0 spiro atoms. The fraction of sp³-hybridized carbons (Fsp3) is 0.100. The molecule has 0 aromatic heterocycles. The van der Waals surface area contributed by atoms with Gasteiger partial charge in [-0.2, -0.15) is 21.9 Å². The van der Waals surface area contributed by atoms with Gasteiger partial charge in [-0.15, -0.1) is 15.3 Å². The van der Waals surface area contributed by atoms with Crippen molar-refractivity contribution in [3.63, 3.8) is 0 Å². The molecule has 0 bridgehead atoms. The number of rotatable bonds is 8. The van der Waals surface area contributed by atoms with Gasteiger partial charge in [0.15, 0.2) is 0 Å². The molecule has 184 valence electrons. The Hall–Kier alpha value is -3.92. The lowest BCUT2D eigenvalue weighted by atomic mass is 10.2. The SMILES string of the molecule is COc1cc(N=Nc2cc(S(=O)(=O)O)ccc2S(=O)(=O)O)c(OC)cc1N=Nc1ccc(N)cc1. The number of benzene rings is 3. The summed E-state index contributed by atoms with van der Waals surface area (Å²) in [5.74, 6) is 0.348. The Morgan fingerprint density at radius 2 is 1.20 bits per heavy atom. The van der Waals surface area contributed by atoms with Crippen molar-refractivity contribution in [3.05, 3.63) is 54.6 Å². The molecule has 4 N–H and O–H groups in total. The lowest BCUT2D eigenvalue weighted by molar-refractivity contribution is 0.405. The Balaban J connectivity index is 2.06. The van der Waals surface area contributed by atoms with Gasteiger partial charge in [-0.05, 0) is 42.5 Å². The molecule has 0 unspecified atom stereocenters. The first-order valence-electron chi connectivity index (χ1n) is 9.46. The standard InChI is InChI=1S/C20H19N5O8S2/c1-32-18-11-16(19(33-2)10-15(18)23-22-13-5-3-12(21)4-6-13)24-25-17-9-14(34(26,27)28)7-8-20(17)35(29,30)31/h3-11H,21H2,1-2H3,(H,26,27,28)(H,29,30,31). The normalized spacial score (nSPS) is 12.3. The Labute approximate surface area is 200 Å². The van der Waals surface area contributed by atoms with Crippen LogP contribution in [0.3, 0.4) is 0 Å². The van der Waals surface area contributed by atoms with Crippen LogP contribution in [-0.2, 0) is 20.2 Å². The number of methoxy groups -OCH3 is 2. The maximum Gasteiger partial charge on any atom is 0.296 e. The predicted molar refractivity (Wildman–Crippen MR) is 125 cm³/mol. The van der Waals surface area contributed by atoms with Crippen molar-refractivity contribution in [2.45, 2.75) is 9.79 Å². The third kappa shape index (κ3) is 6.36. The van der Waals surface area contributed by atoms with Crippen LogP contribution in [0, 0.1) is 0 Å². The highest BCUT2D eigenvalue weighted by molar-refractivity contribution is 7.86. The van der Waals surface area contributed by atoms with Gasteiger partial charge in [0.1, 0.15) is 33.5 Å². The first-order chi connectivity index (χ1) is 16.4. The molecule has 3 aromatic carbocycles. The van der Waals surface area contributed by atoms with E-state index in [1.165, 1.54) is 26.4 Å². The van der Waals surface area contributed by atoms with Crippen LogP contribution in [0.25, 0.3) is 0 Å². The van der Waals surface area contributed by atoms with E-state index in [1.807, 2.05) is 0 Å². The molecule has 0 radical (unpaired) electrons. The first kappa shape index (κ1) is 25.7. The van der Waals surface area contributed by atoms with Gasteiger partial charge in [-0.25, -0.2) is 0 Å². The Morgan fingerprint density at radius 3 is 1.69 bits per heavy atom. The molecular formula is C20H19N5O8S2. The van der Waals surface area contributed by atoms with Gasteiger partial charge in [0.05, 0.1) is 24.8 Å². The highest BCUT2D eigenvalue weighted by Crippen LogP contribution is 2.41. The van der Waals surface area contributed by atoms with Gasteiger partial charge in [0.2, 0.25) is 0 Å². The first-order valence-corrected chi connectivity index (χ1v) is 12.3. The number of nitrogen functional groups attached to an aromatic ring is 1. The van der Waals surface area contributed by atoms with Crippen LogP contribution < -0.4 is 15.2 Å². The molecule has 15 heteroatoms. The minimum atomic E-state index is -4.79. The number of hydrogen-bond acceptors (Lipinski definition) is 11. The maximum atomic E-state index is 11.7. The number of nitrogens with two attached hydrogens (primary N) is 1. The number of azo groups is 2. The fourth-order valence-electron chi connectivity index (χ4n) is 2.74. The summed E-state index contributed by atoms with van der Waals surface area (Å²) in [6.07, 6.45) is 0. The zero-order chi connectivity index (χ0) is 25.8. The molecule has 0 aliphatic rings. The minimum Gasteiger partial charge on any atom is -0.494 e. The van der Waals surface area contributed by atoms with Crippen molar-refractivity contribution in [1.29, 1.82) is 0 Å². The van der Waals surface area contributed by atoms with Crippen LogP contribution in [-0.4, -0.2) is 40.2 Å². The highest BCUT2D eigenvalue weighted by atomic mass is 32.2. The molecule has 0 atom stereocenters. The Kier molecular flexibility index (Phi) is 7.45. The molecule has 0 fully saturated rings. The largest absolute Gasteiger partial charge is 0.494 e. The van der Waals surface area contributed by atoms with Crippen molar-refractivity contribution in [2.24, 2.45) is 20.5 Å². The molecule has 0 aliphatic carbocycles. The highest BCUT2D eigenvalue weighted by Gasteiger charge is 2.20. The molecule has 35 heavy (non-hydrogen) atoms. The van der Waals surface area contributed by atoms with E-state index in [0.717, 1.165) is 18.2 Å². The van der Waals surface area contributed by atoms with Gasteiger partial charge >= 0.3 is 0 Å². The second-order valence-electron chi connectivity index (χ2n) is 6.77. The second kappa shape index (κ2) is 10.1. The lowest BCUT2D eigenvalue weighted by Crippen LogP contribution is -2.02. The summed E-state index contributed by atoms with van der Waals surface area (Å²) in [5, 5.41) is 15.9. The molecular weight excluding hydrogens is 502 g/mol. The van der Waals surface area contributed by atoms with E-state index in [2.05, 4.69) is 20.5 Å². The van der Waals surface area contributed by atoms with E-state index in [0.29, 0.717) is 11.4 Å². The Bertz CT molecular complexity index is 1520. The van der Waals surface area contributed by atoms with Gasteiger partial charge < -0.3 is 15.2 Å². The average molecular weight is 522 g/mol. The third-order valence-electron chi connectivity index (χ3n) is 4.42. The number of anilines is 1. The van der Waals surface area contributed by atoms with Crippen LogP contribution >= 0.6 is 0 Å². The molecule has 13 nitrogen and oxygen atoms in total. The van der Waals surface area contributed by atoms with Crippen molar-refractivity contribution in [2.75, 3.05) is 20.0 Å². The summed E-state index contributed by atoms with van der Waals surface area (Å²) < 4.78 is 75.5. The van der Waals surface area contributed by atoms with Crippen LogP contribution in [0.5, 0.6) is 11.5 Å². The number of nitrogens with zero attached hydrogens (tertiary/aromatic N) is 4. The molecule has 0 saturated carbocycles. The third-order valence-corrected chi connectivity index (χ3v) is 6.17. The molecule has 0 amide bonds. The van der Waals surface area contributed by atoms with Crippen LogP contribution in [0.15, 0.2) is 84.8 Å². The minimum absolute atomic E-state index is 0.0503. The molecule has 3 aromatic rings. The Morgan fingerprint density at radius 1 is 0.686 bits per heavy atom. The van der Waals surface area contributed by atoms with Crippen LogP contribution in [0.1, 0.15) is 0 Å². The van der Waals surface area contributed by atoms with Crippen LogP contribution in [0.2, 0.25) is 0 Å². The monoisotopic (exact) mass is 521 g/mol. The van der Waals surface area contributed by atoms with E-state index < -0.39 is 35.7 Å². The molecule has 0 heterocycles. The van der Waals surface area contributed by atoms with Gasteiger partial charge in [-0.3, -0.25) is 9.11 Å². The number of hydrogen-bond donors (Lipinski definition) is 3. The van der Waals surface area contributed by atoms with Crippen molar-refractivity contribution in [3.8, 4) is 11.5 Å². The summed E-state index contributed by atoms with van der Waals surface area (Å²) in [4.78, 5) is -1.38. The summed E-state index contributed by atoms with van der Waals surface area (Å²) in [5.41, 5.74) is 6.52. The average Bonchev–Trinajstić information content (AvgIpc) is 2.80. The van der Waals surface area contributed by atoms with E-state index >= 15 is 0 Å². The van der Waals surface area contributed by atoms with Crippen molar-refractivity contribution >= 4 is 48.7 Å². The van der Waals surface area contributed by atoms with E-state index in [1.54, 1.807) is 24.3 Å². The summed E-state index contributed by atoms with van der Waals surface area (Å²) in [7, 11) is -6.77. The van der Waals surface area contributed by atoms with E-state index in [4.69, 9.17) is 15.2 Å². The zero-order valence-electron chi connectivity index (χ0n) is 18.2. The van der Waals surface area contributed by atoms with Gasteiger partial charge in [0, 0.05) is 17.8 Å². The summed E-state index contributed by atoms with van der Waals surface area (Å²) in [6.45, 7) is 0.